The van der Waals surface area contributed by atoms with Crippen LogP contribution in [0.25, 0.3) is 0 Å². The lowest BCUT2D eigenvalue weighted by Gasteiger charge is -2.30. The van der Waals surface area contributed by atoms with Gasteiger partial charge in [0.15, 0.2) is 0 Å². The highest BCUT2D eigenvalue weighted by atomic mass is 15.1. The van der Waals surface area contributed by atoms with E-state index >= 15 is 0 Å². The Labute approximate surface area is 123 Å². The standard InChI is InChI=1S/C17H29N3/c1-12-9-16(20(6)13(2)14-7-8-14)15(10-18-12)11-19-17(3,4)5/h9-10,13-14,19H,7-8,11H2,1-6H3. The molecule has 0 aromatic carbocycles. The second-order valence-electron chi connectivity index (χ2n) is 7.25. The third-order valence-electron chi connectivity index (χ3n) is 4.20. The first-order chi connectivity index (χ1) is 9.28. The maximum atomic E-state index is 4.48. The van der Waals surface area contributed by atoms with Gasteiger partial charge in [-0.1, -0.05) is 0 Å². The first-order valence-electron chi connectivity index (χ1n) is 7.71. The highest BCUT2D eigenvalue weighted by molar-refractivity contribution is 5.54. The Bertz CT molecular complexity index is 458. The third kappa shape index (κ3) is 3.95. The molecule has 1 aliphatic rings. The van der Waals surface area contributed by atoms with Crippen LogP contribution >= 0.6 is 0 Å². The van der Waals surface area contributed by atoms with E-state index in [1.807, 2.05) is 6.20 Å². The monoisotopic (exact) mass is 275 g/mol. The number of nitrogens with one attached hydrogen (secondary N) is 1. The van der Waals surface area contributed by atoms with Crippen LogP contribution in [-0.2, 0) is 6.54 Å². The van der Waals surface area contributed by atoms with Gasteiger partial charge in [-0.3, -0.25) is 4.98 Å². The minimum Gasteiger partial charge on any atom is -0.371 e. The van der Waals surface area contributed by atoms with Crippen LogP contribution in [-0.4, -0.2) is 23.6 Å². The zero-order chi connectivity index (χ0) is 14.9. The molecule has 1 atom stereocenters. The maximum Gasteiger partial charge on any atom is 0.0445 e. The molecule has 0 radical (unpaired) electrons. The SMILES string of the molecule is Cc1cc(N(C)C(C)C2CC2)c(CNC(C)(C)C)cn1. The van der Waals surface area contributed by atoms with Gasteiger partial charge < -0.3 is 10.2 Å². The van der Waals surface area contributed by atoms with E-state index in [1.54, 1.807) is 0 Å². The fraction of sp³-hybridized carbons (Fsp3) is 0.706. The summed E-state index contributed by atoms with van der Waals surface area (Å²) in [6.07, 6.45) is 4.79. The van der Waals surface area contributed by atoms with Crippen molar-refractivity contribution in [1.82, 2.24) is 10.3 Å². The molecule has 1 aromatic rings. The maximum absolute atomic E-state index is 4.48. The van der Waals surface area contributed by atoms with Gasteiger partial charge >= 0.3 is 0 Å². The molecule has 1 fully saturated rings. The molecule has 3 heteroatoms. The Balaban J connectivity index is 2.18. The van der Waals surface area contributed by atoms with E-state index in [9.17, 15) is 0 Å². The minimum atomic E-state index is 0.128. The molecule has 112 valence electrons. The van der Waals surface area contributed by atoms with E-state index in [0.717, 1.165) is 18.2 Å². The van der Waals surface area contributed by atoms with E-state index < -0.39 is 0 Å². The summed E-state index contributed by atoms with van der Waals surface area (Å²) in [5.74, 6) is 0.872. The number of anilines is 1. The molecular formula is C17H29N3. The lowest BCUT2D eigenvalue weighted by molar-refractivity contribution is 0.423. The number of pyridine rings is 1. The van der Waals surface area contributed by atoms with Gasteiger partial charge in [0.25, 0.3) is 0 Å². The Kier molecular flexibility index (Phi) is 4.38. The lowest BCUT2D eigenvalue weighted by Crippen LogP contribution is -2.36. The molecule has 0 spiro atoms. The summed E-state index contributed by atoms with van der Waals surface area (Å²) in [6.45, 7) is 11.9. The van der Waals surface area contributed by atoms with Gasteiger partial charge in [-0.25, -0.2) is 0 Å². The molecular weight excluding hydrogens is 246 g/mol. The van der Waals surface area contributed by atoms with Gasteiger partial charge in [0, 0.05) is 48.3 Å². The highest BCUT2D eigenvalue weighted by Gasteiger charge is 2.31. The van der Waals surface area contributed by atoms with Gasteiger partial charge in [-0.05, 0) is 59.4 Å². The lowest BCUT2D eigenvalue weighted by atomic mass is 10.1. The molecule has 0 saturated heterocycles. The van der Waals surface area contributed by atoms with Gasteiger partial charge in [-0.15, -0.1) is 0 Å². The molecule has 1 saturated carbocycles. The van der Waals surface area contributed by atoms with Crippen molar-refractivity contribution in [3.05, 3.63) is 23.5 Å². The molecule has 0 amide bonds. The first kappa shape index (κ1) is 15.3. The molecule has 3 nitrogen and oxygen atoms in total. The molecule has 0 bridgehead atoms. The van der Waals surface area contributed by atoms with E-state index in [-0.39, 0.29) is 5.54 Å². The van der Waals surface area contributed by atoms with Crippen molar-refractivity contribution >= 4 is 5.69 Å². The summed E-state index contributed by atoms with van der Waals surface area (Å²) in [5.41, 5.74) is 3.84. The van der Waals surface area contributed by atoms with Crippen LogP contribution in [0.1, 0.15) is 51.8 Å². The summed E-state index contributed by atoms with van der Waals surface area (Å²) in [7, 11) is 2.22. The van der Waals surface area contributed by atoms with Gasteiger partial charge in [0.2, 0.25) is 0 Å². The number of hydrogen-bond donors (Lipinski definition) is 1. The molecule has 1 heterocycles. The quantitative estimate of drug-likeness (QED) is 0.891. The normalized spacial score (nSPS) is 17.1. The summed E-state index contributed by atoms with van der Waals surface area (Å²) < 4.78 is 0. The van der Waals surface area contributed by atoms with Crippen molar-refractivity contribution in [3.8, 4) is 0 Å². The van der Waals surface area contributed by atoms with Gasteiger partial charge in [-0.2, -0.15) is 0 Å². The number of aryl methyl sites for hydroxylation is 1. The largest absolute Gasteiger partial charge is 0.371 e. The summed E-state index contributed by atoms with van der Waals surface area (Å²) in [4.78, 5) is 6.91. The zero-order valence-electron chi connectivity index (χ0n) is 13.8. The Morgan fingerprint density at radius 2 is 2.05 bits per heavy atom. The van der Waals surface area contributed by atoms with E-state index in [2.05, 4.69) is 62.9 Å². The number of aromatic nitrogens is 1. The average molecular weight is 275 g/mol. The van der Waals surface area contributed by atoms with Crippen LogP contribution in [0.5, 0.6) is 0 Å². The van der Waals surface area contributed by atoms with Crippen LogP contribution in [0.2, 0.25) is 0 Å². The molecule has 1 aliphatic carbocycles. The fourth-order valence-electron chi connectivity index (χ4n) is 2.51. The third-order valence-corrected chi connectivity index (χ3v) is 4.20. The van der Waals surface area contributed by atoms with Crippen LogP contribution in [0, 0.1) is 12.8 Å². The predicted molar refractivity (Wildman–Crippen MR) is 86.2 cm³/mol. The molecule has 0 aliphatic heterocycles. The van der Waals surface area contributed by atoms with Crippen LogP contribution in [0.4, 0.5) is 5.69 Å². The Morgan fingerprint density at radius 1 is 1.40 bits per heavy atom. The first-order valence-corrected chi connectivity index (χ1v) is 7.71. The Morgan fingerprint density at radius 3 is 2.60 bits per heavy atom. The summed E-state index contributed by atoms with van der Waals surface area (Å²) in [6, 6.07) is 2.84. The molecule has 2 rings (SSSR count). The second-order valence-corrected chi connectivity index (χ2v) is 7.25. The van der Waals surface area contributed by atoms with Crippen molar-refractivity contribution in [2.45, 2.75) is 65.6 Å². The van der Waals surface area contributed by atoms with Crippen LogP contribution in [0.15, 0.2) is 12.3 Å². The van der Waals surface area contributed by atoms with Crippen LogP contribution < -0.4 is 10.2 Å². The molecule has 1 aromatic heterocycles. The Hall–Kier alpha value is -1.09. The number of hydrogen-bond acceptors (Lipinski definition) is 3. The average Bonchev–Trinajstić information content (AvgIpc) is 3.18. The minimum absolute atomic E-state index is 0.128. The van der Waals surface area contributed by atoms with E-state index in [0.29, 0.717) is 6.04 Å². The van der Waals surface area contributed by atoms with Gasteiger partial charge in [0.1, 0.15) is 0 Å². The highest BCUT2D eigenvalue weighted by Crippen LogP contribution is 2.37. The van der Waals surface area contributed by atoms with Crippen molar-refractivity contribution in [2.75, 3.05) is 11.9 Å². The van der Waals surface area contributed by atoms with Gasteiger partial charge in [0.05, 0.1) is 0 Å². The van der Waals surface area contributed by atoms with Crippen molar-refractivity contribution in [2.24, 2.45) is 5.92 Å². The number of rotatable bonds is 5. The predicted octanol–water partition coefficient (Wildman–Crippen LogP) is 3.51. The van der Waals surface area contributed by atoms with E-state index in [1.165, 1.54) is 24.1 Å². The van der Waals surface area contributed by atoms with Crippen molar-refractivity contribution in [3.63, 3.8) is 0 Å². The molecule has 20 heavy (non-hydrogen) atoms. The molecule has 1 N–H and O–H groups in total. The number of nitrogens with zero attached hydrogens (tertiary/aromatic N) is 2. The second kappa shape index (κ2) is 5.72. The van der Waals surface area contributed by atoms with Crippen molar-refractivity contribution < 1.29 is 0 Å². The van der Waals surface area contributed by atoms with E-state index in [4.69, 9.17) is 0 Å². The summed E-state index contributed by atoms with van der Waals surface area (Å²) in [5, 5.41) is 3.57. The smallest absolute Gasteiger partial charge is 0.0445 e. The van der Waals surface area contributed by atoms with Crippen molar-refractivity contribution in [1.29, 1.82) is 0 Å². The van der Waals surface area contributed by atoms with Crippen LogP contribution in [0.3, 0.4) is 0 Å². The molecule has 1 unspecified atom stereocenters. The fourth-order valence-corrected chi connectivity index (χ4v) is 2.51. The summed E-state index contributed by atoms with van der Waals surface area (Å²) >= 11 is 0. The topological polar surface area (TPSA) is 28.2 Å². The zero-order valence-corrected chi connectivity index (χ0v) is 13.8.